The number of likely N-dealkylation sites (N-methyl/N-ethyl adjacent to an activating group) is 1. The first-order valence-electron chi connectivity index (χ1n) is 6.42. The molecule has 0 unspecified atom stereocenters. The molecule has 0 spiro atoms. The molecule has 17 heavy (non-hydrogen) atoms. The maximum absolute atomic E-state index is 11.2. The second-order valence-corrected chi connectivity index (χ2v) is 3.74. The van der Waals surface area contributed by atoms with Crippen LogP contribution in [0.5, 0.6) is 0 Å². The minimum Gasteiger partial charge on any atom is -0.314 e. The Hall–Kier alpha value is -1.09. The topological polar surface area (TPSA) is 25.2 Å². The van der Waals surface area contributed by atoms with E-state index >= 15 is 0 Å². The van der Waals surface area contributed by atoms with Gasteiger partial charge in [-0.1, -0.05) is 40.2 Å². The summed E-state index contributed by atoms with van der Waals surface area (Å²) in [4.78, 5) is 13.2. The Labute approximate surface area is 106 Å². The molecule has 1 rings (SSSR count). The molecule has 1 heterocycles. The van der Waals surface area contributed by atoms with Crippen molar-refractivity contribution in [2.45, 2.75) is 40.7 Å². The van der Waals surface area contributed by atoms with E-state index in [-0.39, 0.29) is 5.56 Å². The van der Waals surface area contributed by atoms with Crippen molar-refractivity contribution >= 4 is 0 Å². The molecule has 0 N–H and O–H groups in total. The smallest absolute Gasteiger partial charge is 0.250 e. The molecular weight excluding hydrogens is 212 g/mol. The van der Waals surface area contributed by atoms with E-state index in [0.29, 0.717) is 0 Å². The van der Waals surface area contributed by atoms with Crippen LogP contribution in [0.4, 0.5) is 0 Å². The molecular formula is C14H28N2O. The molecule has 0 aliphatic rings. The van der Waals surface area contributed by atoms with Crippen molar-refractivity contribution in [3.8, 4) is 0 Å². The fourth-order valence-corrected chi connectivity index (χ4v) is 0.953. The molecule has 0 aliphatic carbocycles. The molecule has 3 nitrogen and oxygen atoms in total. The van der Waals surface area contributed by atoms with Crippen LogP contribution in [-0.4, -0.2) is 30.1 Å². The zero-order valence-electron chi connectivity index (χ0n) is 12.2. The summed E-state index contributed by atoms with van der Waals surface area (Å²) in [6.07, 6.45) is 3.06. The summed E-state index contributed by atoms with van der Waals surface area (Å²) < 4.78 is 1.71. The minimum atomic E-state index is 0.0688. The third-order valence-electron chi connectivity index (χ3n) is 1.69. The van der Waals surface area contributed by atoms with Gasteiger partial charge in [-0.2, -0.15) is 0 Å². The maximum Gasteiger partial charge on any atom is 0.250 e. The monoisotopic (exact) mass is 240 g/mol. The van der Waals surface area contributed by atoms with E-state index < -0.39 is 0 Å². The van der Waals surface area contributed by atoms with Crippen LogP contribution in [0.15, 0.2) is 29.2 Å². The lowest BCUT2D eigenvalue weighted by Gasteiger charge is -2.10. The third kappa shape index (κ3) is 11.2. The first-order valence-corrected chi connectivity index (χ1v) is 6.42. The summed E-state index contributed by atoms with van der Waals surface area (Å²) in [7, 11) is 3.99. The quantitative estimate of drug-likeness (QED) is 0.811. The number of pyridine rings is 1. The molecule has 1 aromatic heterocycles. The van der Waals surface area contributed by atoms with Gasteiger partial charge in [-0.25, -0.2) is 0 Å². The maximum atomic E-state index is 11.2. The summed E-state index contributed by atoms with van der Waals surface area (Å²) in [6.45, 7) is 9.90. The van der Waals surface area contributed by atoms with Crippen LogP contribution in [0.3, 0.4) is 0 Å². The van der Waals surface area contributed by atoms with E-state index in [9.17, 15) is 4.79 Å². The van der Waals surface area contributed by atoms with Gasteiger partial charge in [0.05, 0.1) is 0 Å². The van der Waals surface area contributed by atoms with E-state index in [2.05, 4.69) is 18.7 Å². The van der Waals surface area contributed by atoms with Gasteiger partial charge in [0.15, 0.2) is 0 Å². The summed E-state index contributed by atoms with van der Waals surface area (Å²) in [5, 5.41) is 0. The molecule has 0 aromatic carbocycles. The van der Waals surface area contributed by atoms with Gasteiger partial charge in [0.1, 0.15) is 0 Å². The van der Waals surface area contributed by atoms with Crippen LogP contribution < -0.4 is 5.56 Å². The molecule has 0 aliphatic heterocycles. The third-order valence-corrected chi connectivity index (χ3v) is 1.69. The Morgan fingerprint density at radius 1 is 1.18 bits per heavy atom. The van der Waals surface area contributed by atoms with E-state index in [1.165, 1.54) is 6.42 Å². The van der Waals surface area contributed by atoms with Crippen molar-refractivity contribution in [1.29, 1.82) is 0 Å². The highest BCUT2D eigenvalue weighted by atomic mass is 16.1. The van der Waals surface area contributed by atoms with Gasteiger partial charge >= 0.3 is 0 Å². The standard InChI is InChI=1S/C9H14N2O.C3H8.C2H6/c1-10(2)7-8-11-6-4-3-5-9(11)12;1-3-2;1-2/h3-6H,7-8H2,1-2H3;3H2,1-2H3;1-2H3. The first kappa shape index (κ1) is 18.3. The largest absolute Gasteiger partial charge is 0.314 e. The molecule has 0 saturated heterocycles. The summed E-state index contributed by atoms with van der Waals surface area (Å²) >= 11 is 0. The lowest BCUT2D eigenvalue weighted by molar-refractivity contribution is 0.381. The molecule has 0 fully saturated rings. The number of aromatic nitrogens is 1. The Morgan fingerprint density at radius 3 is 2.12 bits per heavy atom. The van der Waals surface area contributed by atoms with Crippen molar-refractivity contribution in [1.82, 2.24) is 9.47 Å². The van der Waals surface area contributed by atoms with Crippen molar-refractivity contribution < 1.29 is 0 Å². The van der Waals surface area contributed by atoms with E-state index in [0.717, 1.165) is 13.1 Å². The number of nitrogens with zero attached hydrogens (tertiary/aromatic N) is 2. The van der Waals surface area contributed by atoms with Gasteiger partial charge < -0.3 is 9.47 Å². The van der Waals surface area contributed by atoms with E-state index in [4.69, 9.17) is 0 Å². The highest BCUT2D eigenvalue weighted by molar-refractivity contribution is 4.93. The lowest BCUT2D eigenvalue weighted by Crippen LogP contribution is -2.25. The molecule has 0 amide bonds. The highest BCUT2D eigenvalue weighted by Gasteiger charge is 1.93. The predicted molar refractivity (Wildman–Crippen MR) is 76.6 cm³/mol. The highest BCUT2D eigenvalue weighted by Crippen LogP contribution is 1.83. The SMILES string of the molecule is CC.CCC.CN(C)CCn1ccccc1=O. The average molecular weight is 240 g/mol. The number of hydrogen-bond donors (Lipinski definition) is 0. The van der Waals surface area contributed by atoms with Crippen molar-refractivity contribution in [2.24, 2.45) is 0 Å². The zero-order chi connectivity index (χ0) is 13.7. The van der Waals surface area contributed by atoms with Crippen LogP contribution in [0.25, 0.3) is 0 Å². The Bertz CT molecular complexity index is 305. The second kappa shape index (κ2) is 13.0. The first-order chi connectivity index (χ1) is 8.11. The lowest BCUT2D eigenvalue weighted by atomic mass is 10.4. The molecule has 0 atom stereocenters. The summed E-state index contributed by atoms with van der Waals surface area (Å²) in [5.41, 5.74) is 0.0688. The molecule has 3 heteroatoms. The van der Waals surface area contributed by atoms with E-state index in [1.54, 1.807) is 16.7 Å². The minimum absolute atomic E-state index is 0.0688. The Balaban J connectivity index is 0. The Kier molecular flexibility index (Phi) is 14.0. The number of rotatable bonds is 3. The number of hydrogen-bond acceptors (Lipinski definition) is 2. The van der Waals surface area contributed by atoms with Crippen LogP contribution in [0.1, 0.15) is 34.1 Å². The van der Waals surface area contributed by atoms with Crippen LogP contribution in [0.2, 0.25) is 0 Å². The van der Waals surface area contributed by atoms with Gasteiger partial charge in [0, 0.05) is 25.4 Å². The van der Waals surface area contributed by atoms with Crippen LogP contribution in [0, 0.1) is 0 Å². The summed E-state index contributed by atoms with van der Waals surface area (Å²) in [5.74, 6) is 0. The predicted octanol–water partition coefficient (Wildman–Crippen LogP) is 2.85. The van der Waals surface area contributed by atoms with Crippen molar-refractivity contribution in [3.63, 3.8) is 0 Å². The molecule has 0 saturated carbocycles. The molecule has 100 valence electrons. The van der Waals surface area contributed by atoms with Gasteiger partial charge in [-0.3, -0.25) is 4.79 Å². The van der Waals surface area contributed by atoms with Crippen molar-refractivity contribution in [2.75, 3.05) is 20.6 Å². The summed E-state index contributed by atoms with van der Waals surface area (Å²) in [6, 6.07) is 5.21. The second-order valence-electron chi connectivity index (χ2n) is 3.74. The van der Waals surface area contributed by atoms with E-state index in [1.807, 2.05) is 40.2 Å². The van der Waals surface area contributed by atoms with Gasteiger partial charge in [-0.15, -0.1) is 0 Å². The van der Waals surface area contributed by atoms with Gasteiger partial charge in [-0.05, 0) is 20.2 Å². The molecule has 0 radical (unpaired) electrons. The zero-order valence-corrected chi connectivity index (χ0v) is 12.2. The fraction of sp³-hybridized carbons (Fsp3) is 0.643. The van der Waals surface area contributed by atoms with Crippen LogP contribution >= 0.6 is 0 Å². The average Bonchev–Trinajstić information content (AvgIpc) is 2.31. The normalized spacial score (nSPS) is 8.88. The van der Waals surface area contributed by atoms with Gasteiger partial charge in [0.25, 0.3) is 5.56 Å². The fourth-order valence-electron chi connectivity index (χ4n) is 0.953. The Morgan fingerprint density at radius 2 is 1.71 bits per heavy atom. The van der Waals surface area contributed by atoms with Gasteiger partial charge in [0.2, 0.25) is 0 Å². The molecule has 1 aromatic rings. The van der Waals surface area contributed by atoms with Crippen LogP contribution in [-0.2, 0) is 6.54 Å². The molecule has 0 bridgehead atoms. The van der Waals surface area contributed by atoms with Crippen molar-refractivity contribution in [3.05, 3.63) is 34.7 Å².